The number of hydrogen-bond donors (Lipinski definition) is 2. The van der Waals surface area contributed by atoms with Gasteiger partial charge in [0.05, 0.1) is 5.92 Å². The summed E-state index contributed by atoms with van der Waals surface area (Å²) in [5, 5.41) is 20.7. The molecule has 1 amide bonds. The summed E-state index contributed by atoms with van der Waals surface area (Å²) in [5.41, 5.74) is -1.18. The fourth-order valence-corrected chi connectivity index (χ4v) is 9.08. The molecule has 0 spiro atoms. The molecule has 4 aliphatic carbocycles. The average Bonchev–Trinajstić information content (AvgIpc) is 3.27. The Morgan fingerprint density at radius 1 is 0.955 bits per heavy atom. The normalized spacial score (nSPS) is 33.0. The van der Waals surface area contributed by atoms with E-state index in [9.17, 15) is 37.8 Å². The van der Waals surface area contributed by atoms with Crippen LogP contribution >= 0.6 is 0 Å². The number of hydrogen-bond acceptors (Lipinski definition) is 4. The van der Waals surface area contributed by atoms with Gasteiger partial charge in [0.1, 0.15) is 5.60 Å². The van der Waals surface area contributed by atoms with Crippen LogP contribution in [0.25, 0.3) is 0 Å². The summed E-state index contributed by atoms with van der Waals surface area (Å²) in [6.07, 6.45) is -2.56. The van der Waals surface area contributed by atoms with Gasteiger partial charge in [-0.3, -0.25) is 14.4 Å². The Labute approximate surface area is 252 Å². The van der Waals surface area contributed by atoms with Gasteiger partial charge >= 0.3 is 18.1 Å². The molecule has 6 nitrogen and oxygen atoms in total. The molecule has 1 saturated heterocycles. The Bertz CT molecular complexity index is 1440. The van der Waals surface area contributed by atoms with E-state index < -0.39 is 53.3 Å². The van der Waals surface area contributed by atoms with Crippen molar-refractivity contribution >= 4 is 17.7 Å². The Kier molecular flexibility index (Phi) is 7.37. The number of halogens is 5. The zero-order valence-corrected chi connectivity index (χ0v) is 24.4. The number of fused-ring (bicyclic) bond motifs is 4. The molecule has 1 aromatic rings. The molecule has 1 aromatic carbocycles. The minimum atomic E-state index is -5.92. The largest absolute Gasteiger partial charge is 0.481 e. The molecule has 1 aliphatic heterocycles. The molecule has 1 heterocycles. The highest BCUT2D eigenvalue weighted by Crippen LogP contribution is 2.70. The van der Waals surface area contributed by atoms with Crippen molar-refractivity contribution in [1.29, 1.82) is 0 Å². The van der Waals surface area contributed by atoms with Crippen molar-refractivity contribution in [3.05, 3.63) is 58.2 Å². The topological polar surface area (TPSA) is 94.9 Å². The molecule has 44 heavy (non-hydrogen) atoms. The lowest BCUT2D eigenvalue weighted by molar-refractivity contribution is -0.362. The summed E-state index contributed by atoms with van der Waals surface area (Å²) >= 11 is 0. The van der Waals surface area contributed by atoms with E-state index in [1.54, 1.807) is 35.2 Å². The number of carbonyl (C=O) groups excluding carboxylic acids is 2. The molecule has 11 heteroatoms. The van der Waals surface area contributed by atoms with Crippen LogP contribution in [-0.2, 0) is 9.59 Å². The number of carboxylic acids is 1. The van der Waals surface area contributed by atoms with Crippen LogP contribution in [0.15, 0.2) is 47.1 Å². The quantitative estimate of drug-likeness (QED) is 0.377. The number of benzene rings is 1. The van der Waals surface area contributed by atoms with Crippen LogP contribution in [0.2, 0.25) is 0 Å². The van der Waals surface area contributed by atoms with E-state index in [0.29, 0.717) is 62.7 Å². The number of carboxylic acid groups (broad SMARTS) is 1. The third kappa shape index (κ3) is 4.55. The van der Waals surface area contributed by atoms with Gasteiger partial charge in [-0.25, -0.2) is 0 Å². The standard InChI is InChI=1S/C33H36F5NO5/c1-30-17-25(18-2-4-19(5-3-18)28(41)39-14-11-20(12-15-39)29(42)43)27-23-9-7-22(40)16-21(23)6-8-24(27)26(30)10-13-31(30,44)32(34,35)33(36,37)38/h2-5,16,20,24-26,44H,6-15,17H2,1H3,(H,42,43)/t24?,25-,26?,30+,31-/m1/s1. The van der Waals surface area contributed by atoms with Crippen molar-refractivity contribution in [3.8, 4) is 0 Å². The molecule has 2 saturated carbocycles. The van der Waals surface area contributed by atoms with Crippen molar-refractivity contribution in [3.63, 3.8) is 0 Å². The van der Waals surface area contributed by atoms with Crippen LogP contribution in [0, 0.1) is 23.2 Å². The summed E-state index contributed by atoms with van der Waals surface area (Å²) in [4.78, 5) is 38.3. The molecule has 0 radical (unpaired) electrons. The maximum Gasteiger partial charge on any atom is 0.456 e. The highest BCUT2D eigenvalue weighted by atomic mass is 19.4. The fourth-order valence-electron chi connectivity index (χ4n) is 9.08. The second kappa shape index (κ2) is 10.5. The van der Waals surface area contributed by atoms with E-state index in [1.165, 1.54) is 6.92 Å². The maximum absolute atomic E-state index is 15.2. The van der Waals surface area contributed by atoms with Gasteiger partial charge in [0.2, 0.25) is 0 Å². The number of allylic oxidation sites excluding steroid dienone is 4. The van der Waals surface area contributed by atoms with Gasteiger partial charge in [-0.15, -0.1) is 0 Å². The Balaban J connectivity index is 1.38. The third-order valence-electron chi connectivity index (χ3n) is 11.5. The van der Waals surface area contributed by atoms with Crippen molar-refractivity contribution in [1.82, 2.24) is 4.90 Å². The number of carbonyl (C=O) groups is 3. The first-order valence-electron chi connectivity index (χ1n) is 15.3. The van der Waals surface area contributed by atoms with E-state index in [0.717, 1.165) is 16.7 Å². The Morgan fingerprint density at radius 3 is 2.23 bits per heavy atom. The van der Waals surface area contributed by atoms with Gasteiger partial charge in [-0.2, -0.15) is 22.0 Å². The van der Waals surface area contributed by atoms with Crippen LogP contribution in [-0.4, -0.2) is 63.6 Å². The predicted octanol–water partition coefficient (Wildman–Crippen LogP) is 6.45. The first-order valence-corrected chi connectivity index (χ1v) is 15.3. The molecule has 2 unspecified atom stereocenters. The lowest BCUT2D eigenvalue weighted by atomic mass is 9.50. The highest BCUT2D eigenvalue weighted by Gasteiger charge is 2.79. The second-order valence-corrected chi connectivity index (χ2v) is 13.5. The summed E-state index contributed by atoms with van der Waals surface area (Å²) in [5.74, 6) is -8.44. The molecule has 5 aliphatic rings. The molecular weight excluding hydrogens is 585 g/mol. The molecule has 2 N–H and O–H groups in total. The van der Waals surface area contributed by atoms with E-state index in [-0.39, 0.29) is 30.4 Å². The van der Waals surface area contributed by atoms with Crippen LogP contribution in [0.5, 0.6) is 0 Å². The predicted molar refractivity (Wildman–Crippen MR) is 149 cm³/mol. The zero-order chi connectivity index (χ0) is 31.8. The van der Waals surface area contributed by atoms with E-state index in [2.05, 4.69) is 0 Å². The lowest BCUT2D eigenvalue weighted by Crippen LogP contribution is -2.65. The van der Waals surface area contributed by atoms with Crippen LogP contribution < -0.4 is 0 Å². The Hall–Kier alpha value is -3.08. The summed E-state index contributed by atoms with van der Waals surface area (Å²) < 4.78 is 71.7. The first-order chi connectivity index (χ1) is 20.6. The first kappa shape index (κ1) is 30.9. The van der Waals surface area contributed by atoms with E-state index in [1.807, 2.05) is 0 Å². The molecule has 238 valence electrons. The number of nitrogens with zero attached hydrogens (tertiary/aromatic N) is 1. The molecule has 0 aromatic heterocycles. The highest BCUT2D eigenvalue weighted by molar-refractivity contribution is 5.94. The van der Waals surface area contributed by atoms with Crippen molar-refractivity contribution in [2.45, 2.75) is 88.3 Å². The number of amides is 1. The zero-order valence-electron chi connectivity index (χ0n) is 24.4. The van der Waals surface area contributed by atoms with Crippen molar-refractivity contribution in [2.75, 3.05) is 13.1 Å². The maximum atomic E-state index is 15.2. The SMILES string of the molecule is C[C@]12C[C@H](c3ccc(C(=O)N4CCC(C(=O)O)CC4)cc3)C3=C4CCC(=O)C=C4CCC3C1CC[C@]2(O)C(F)(F)C(F)(F)F. The minimum Gasteiger partial charge on any atom is -0.481 e. The van der Waals surface area contributed by atoms with E-state index in [4.69, 9.17) is 0 Å². The smallest absolute Gasteiger partial charge is 0.456 e. The molecular formula is C33H36F5NO5. The van der Waals surface area contributed by atoms with Gasteiger partial charge in [0, 0.05) is 36.4 Å². The number of ketones is 1. The van der Waals surface area contributed by atoms with Crippen molar-refractivity contribution in [2.24, 2.45) is 23.2 Å². The number of rotatable bonds is 4. The Morgan fingerprint density at radius 2 is 1.61 bits per heavy atom. The summed E-state index contributed by atoms with van der Waals surface area (Å²) in [7, 11) is 0. The van der Waals surface area contributed by atoms with Crippen LogP contribution in [0.3, 0.4) is 0 Å². The molecule has 3 fully saturated rings. The van der Waals surface area contributed by atoms with Gasteiger partial charge in [-0.05, 0) is 98.1 Å². The van der Waals surface area contributed by atoms with Gasteiger partial charge in [0.25, 0.3) is 5.91 Å². The number of piperidine rings is 1. The van der Waals surface area contributed by atoms with Crippen LogP contribution in [0.4, 0.5) is 22.0 Å². The average molecular weight is 622 g/mol. The fraction of sp³-hybridized carbons (Fsp3) is 0.606. The summed E-state index contributed by atoms with van der Waals surface area (Å²) in [6, 6.07) is 6.64. The monoisotopic (exact) mass is 621 g/mol. The van der Waals surface area contributed by atoms with Gasteiger partial charge in [-0.1, -0.05) is 24.6 Å². The number of alkyl halides is 5. The molecule has 5 atom stereocenters. The number of aliphatic hydroxyl groups is 1. The molecule has 0 bridgehead atoms. The van der Waals surface area contributed by atoms with E-state index >= 15 is 8.78 Å². The number of likely N-dealkylation sites (tertiary alicyclic amines) is 1. The summed E-state index contributed by atoms with van der Waals surface area (Å²) in [6.45, 7) is 1.99. The second-order valence-electron chi connectivity index (χ2n) is 13.5. The number of aliphatic carboxylic acids is 1. The lowest BCUT2D eigenvalue weighted by Gasteiger charge is -2.56. The van der Waals surface area contributed by atoms with Gasteiger partial charge < -0.3 is 15.1 Å². The van der Waals surface area contributed by atoms with Gasteiger partial charge in [0.15, 0.2) is 5.78 Å². The van der Waals surface area contributed by atoms with Crippen LogP contribution in [0.1, 0.15) is 86.6 Å². The van der Waals surface area contributed by atoms with Crippen molar-refractivity contribution < 1.29 is 46.5 Å². The minimum absolute atomic E-state index is 0.00955. The molecule has 6 rings (SSSR count). The third-order valence-corrected chi connectivity index (χ3v) is 11.5.